The van der Waals surface area contributed by atoms with Gasteiger partial charge < -0.3 is 30.4 Å². The Balaban J connectivity index is 1.51. The Kier molecular flexibility index (Phi) is 9.23. The summed E-state index contributed by atoms with van der Waals surface area (Å²) in [6.07, 6.45) is -2.49. The van der Waals surface area contributed by atoms with Crippen molar-refractivity contribution in [3.63, 3.8) is 0 Å². The van der Waals surface area contributed by atoms with Gasteiger partial charge in [0.1, 0.15) is 6.10 Å². The number of benzene rings is 2. The zero-order valence-electron chi connectivity index (χ0n) is 21.4. The molecule has 2 heterocycles. The normalized spacial score (nSPS) is 22.8. The van der Waals surface area contributed by atoms with Gasteiger partial charge in [-0.25, -0.2) is 13.2 Å². The quantitative estimate of drug-likeness (QED) is 0.283. The van der Waals surface area contributed by atoms with Crippen LogP contribution in [0.1, 0.15) is 25.8 Å². The van der Waals surface area contributed by atoms with Crippen molar-refractivity contribution in [1.82, 2.24) is 9.79 Å². The molecule has 0 bridgehead atoms. The van der Waals surface area contributed by atoms with E-state index in [9.17, 15) is 18.3 Å². The number of nitrogens with two attached hydrogens (primary N) is 1. The largest absolute Gasteiger partial charge is 0.443 e. The van der Waals surface area contributed by atoms with Crippen LogP contribution >= 0.6 is 0 Å². The van der Waals surface area contributed by atoms with Crippen LogP contribution in [0.3, 0.4) is 0 Å². The summed E-state index contributed by atoms with van der Waals surface area (Å²) in [5.74, 6) is -0.0448. The van der Waals surface area contributed by atoms with Gasteiger partial charge in [0.2, 0.25) is 0 Å². The van der Waals surface area contributed by atoms with E-state index in [1.54, 1.807) is 19.9 Å². The zero-order valence-corrected chi connectivity index (χ0v) is 22.3. The summed E-state index contributed by atoms with van der Waals surface area (Å²) in [5, 5.41) is 14.0. The van der Waals surface area contributed by atoms with Crippen LogP contribution in [0.5, 0.6) is 0 Å². The predicted octanol–water partition coefficient (Wildman–Crippen LogP) is 2.06. The van der Waals surface area contributed by atoms with E-state index >= 15 is 0 Å². The number of anilines is 1. The number of sulfonamides is 1. The third-order valence-electron chi connectivity index (χ3n) is 6.40. The van der Waals surface area contributed by atoms with Crippen molar-refractivity contribution in [2.75, 3.05) is 25.5 Å². The molecule has 3 unspecified atom stereocenters. The molecule has 0 saturated carbocycles. The third kappa shape index (κ3) is 7.01. The third-order valence-corrected chi connectivity index (χ3v) is 8.02. The molecule has 4 rings (SSSR count). The highest BCUT2D eigenvalue weighted by atomic mass is 32.2. The molecule has 5 atom stereocenters. The van der Waals surface area contributed by atoms with Crippen LogP contribution in [-0.2, 0) is 35.5 Å². The highest BCUT2D eigenvalue weighted by Gasteiger charge is 2.44. The summed E-state index contributed by atoms with van der Waals surface area (Å²) >= 11 is 0. The fraction of sp³-hybridized carbons (Fsp3) is 0.500. The van der Waals surface area contributed by atoms with Crippen LogP contribution in [0.2, 0.25) is 0 Å². The van der Waals surface area contributed by atoms with Crippen LogP contribution in [-0.4, -0.2) is 74.5 Å². The molecule has 2 aliphatic heterocycles. The van der Waals surface area contributed by atoms with E-state index in [4.69, 9.17) is 24.8 Å². The average molecular weight is 550 g/mol. The van der Waals surface area contributed by atoms with Gasteiger partial charge in [-0.15, -0.1) is 0 Å². The Bertz CT molecular complexity index is 1180. The number of hydrogen-bond donors (Lipinski definition) is 3. The smallest absolute Gasteiger partial charge is 0.407 e. The molecule has 12 heteroatoms. The summed E-state index contributed by atoms with van der Waals surface area (Å²) < 4.78 is 44.2. The number of fused-ring (bicyclic) bond motifs is 1. The number of alkyl carbamates (subject to hydrolysis) is 1. The Morgan fingerprint density at radius 2 is 1.95 bits per heavy atom. The zero-order chi connectivity index (χ0) is 27.3. The number of aliphatic hydroxyl groups is 1. The van der Waals surface area contributed by atoms with Gasteiger partial charge in [-0.1, -0.05) is 40.9 Å². The molecule has 2 aromatic rings. The minimum atomic E-state index is -4.18. The van der Waals surface area contributed by atoms with Gasteiger partial charge in [-0.3, -0.25) is 4.84 Å². The molecule has 0 radical (unpaired) electrons. The monoisotopic (exact) mass is 549 g/mol. The molecule has 2 aromatic carbocycles. The van der Waals surface area contributed by atoms with Gasteiger partial charge in [0.05, 0.1) is 48.8 Å². The fourth-order valence-corrected chi connectivity index (χ4v) is 5.93. The number of carbonyl (C=O) groups is 1. The van der Waals surface area contributed by atoms with Crippen molar-refractivity contribution in [1.29, 1.82) is 0 Å². The van der Waals surface area contributed by atoms with Gasteiger partial charge in [-0.2, -0.15) is 0 Å². The number of hydrogen-bond acceptors (Lipinski definition) is 9. The minimum absolute atomic E-state index is 0.0448. The van der Waals surface area contributed by atoms with Crippen LogP contribution < -0.4 is 11.1 Å². The SMILES string of the molecule is CC(C)ON(CC(O)C(Cc1ccccc1)NC(=O)OC1CO[C@H]2OCC[C@@H]12)S(=O)(=O)c1cccc(N)c1. The minimum Gasteiger partial charge on any atom is -0.443 e. The molecule has 2 fully saturated rings. The van der Waals surface area contributed by atoms with E-state index in [1.165, 1.54) is 18.2 Å². The topological polar surface area (TPSA) is 150 Å². The Morgan fingerprint density at radius 1 is 1.18 bits per heavy atom. The first-order valence-electron chi connectivity index (χ1n) is 12.6. The Labute approximate surface area is 222 Å². The number of rotatable bonds is 11. The Morgan fingerprint density at radius 3 is 2.66 bits per heavy atom. The van der Waals surface area contributed by atoms with Gasteiger partial charge >= 0.3 is 6.09 Å². The molecule has 2 saturated heterocycles. The van der Waals surface area contributed by atoms with E-state index in [1.807, 2.05) is 30.3 Å². The summed E-state index contributed by atoms with van der Waals surface area (Å²) in [4.78, 5) is 18.4. The second-order valence-electron chi connectivity index (χ2n) is 9.69. The van der Waals surface area contributed by atoms with E-state index in [0.29, 0.717) is 6.61 Å². The van der Waals surface area contributed by atoms with Crippen LogP contribution in [0, 0.1) is 5.92 Å². The average Bonchev–Trinajstić information content (AvgIpc) is 3.49. The molecule has 2 aliphatic rings. The molecule has 0 spiro atoms. The van der Waals surface area contributed by atoms with Gasteiger partial charge in [0.15, 0.2) is 6.29 Å². The second-order valence-corrected chi connectivity index (χ2v) is 11.5. The van der Waals surface area contributed by atoms with E-state index in [-0.39, 0.29) is 35.8 Å². The number of hydroxylamine groups is 1. The predicted molar refractivity (Wildman–Crippen MR) is 138 cm³/mol. The Hall–Kier alpha value is -2.74. The molecule has 38 heavy (non-hydrogen) atoms. The first-order valence-corrected chi connectivity index (χ1v) is 14.0. The second kappa shape index (κ2) is 12.4. The first-order chi connectivity index (χ1) is 18.1. The molecule has 0 aromatic heterocycles. The van der Waals surface area contributed by atoms with Gasteiger partial charge in [0.25, 0.3) is 10.0 Å². The van der Waals surface area contributed by atoms with Crippen molar-refractivity contribution in [3.05, 3.63) is 60.2 Å². The first kappa shape index (κ1) is 28.3. The van der Waals surface area contributed by atoms with E-state index in [0.717, 1.165) is 16.5 Å². The maximum absolute atomic E-state index is 13.4. The molecular weight excluding hydrogens is 514 g/mol. The lowest BCUT2D eigenvalue weighted by atomic mass is 10.0. The van der Waals surface area contributed by atoms with Crippen LogP contribution in [0.4, 0.5) is 10.5 Å². The maximum Gasteiger partial charge on any atom is 0.407 e. The van der Waals surface area contributed by atoms with Crippen LogP contribution in [0.15, 0.2) is 59.5 Å². The van der Waals surface area contributed by atoms with E-state index < -0.39 is 47.0 Å². The standard InChI is InChI=1S/C26H35N3O8S/c1-17(2)37-29(38(32,33)20-10-6-9-19(27)14-20)15-23(30)22(13-18-7-4-3-5-8-18)28-26(31)36-24-16-35-25-21(24)11-12-34-25/h3-10,14,17,21-25,30H,11-13,15-16,27H2,1-2H3,(H,28,31)/t21-,22?,23?,24?,25+/m0/s1. The molecule has 1 amide bonds. The lowest BCUT2D eigenvalue weighted by Gasteiger charge is -2.30. The summed E-state index contributed by atoms with van der Waals surface area (Å²) in [6.45, 7) is 3.67. The van der Waals surface area contributed by atoms with Crippen molar-refractivity contribution in [2.24, 2.45) is 5.92 Å². The summed E-state index contributed by atoms with van der Waals surface area (Å²) in [6, 6.07) is 14.2. The number of nitrogens with zero attached hydrogens (tertiary/aromatic N) is 1. The van der Waals surface area contributed by atoms with Gasteiger partial charge in [0, 0.05) is 5.69 Å². The molecule has 4 N–H and O–H groups in total. The number of amides is 1. The molecule has 0 aliphatic carbocycles. The summed E-state index contributed by atoms with van der Waals surface area (Å²) in [7, 11) is -4.18. The van der Waals surface area contributed by atoms with Gasteiger partial charge in [-0.05, 0) is 50.5 Å². The lowest BCUT2D eigenvalue weighted by Crippen LogP contribution is -2.51. The van der Waals surface area contributed by atoms with Crippen molar-refractivity contribution in [3.8, 4) is 0 Å². The van der Waals surface area contributed by atoms with Crippen molar-refractivity contribution in [2.45, 2.75) is 62.2 Å². The molecule has 208 valence electrons. The molecule has 11 nitrogen and oxygen atoms in total. The van der Waals surface area contributed by atoms with E-state index in [2.05, 4.69) is 5.32 Å². The maximum atomic E-state index is 13.4. The number of ether oxygens (including phenoxy) is 3. The van der Waals surface area contributed by atoms with Crippen molar-refractivity contribution >= 4 is 21.8 Å². The number of carbonyl (C=O) groups excluding carboxylic acids is 1. The molecular formula is C26H35N3O8S. The fourth-order valence-electron chi connectivity index (χ4n) is 4.53. The lowest BCUT2D eigenvalue weighted by molar-refractivity contribution is -0.136. The number of nitrogens with one attached hydrogen (secondary N) is 1. The highest BCUT2D eigenvalue weighted by molar-refractivity contribution is 7.89. The number of nitrogen functional groups attached to an aromatic ring is 1. The number of aliphatic hydroxyl groups excluding tert-OH is 1. The highest BCUT2D eigenvalue weighted by Crippen LogP contribution is 2.33. The van der Waals surface area contributed by atoms with Crippen molar-refractivity contribution < 1.29 is 37.4 Å². The van der Waals surface area contributed by atoms with Crippen LogP contribution in [0.25, 0.3) is 0 Å². The summed E-state index contributed by atoms with van der Waals surface area (Å²) in [5.41, 5.74) is 6.90.